The molecule has 0 saturated carbocycles. The third kappa shape index (κ3) is 5.92. The molecular formula is C2H3AlO4. The Morgan fingerprint density at radius 3 is 1.71 bits per heavy atom. The molecule has 0 atom stereocenters. The molecule has 0 aromatic heterocycles. The second-order valence-electron chi connectivity index (χ2n) is 0.693. The van der Waals surface area contributed by atoms with E-state index in [0.717, 1.165) is 0 Å². The first-order valence-corrected chi connectivity index (χ1v) is 1.21. The molecule has 0 spiro atoms. The Morgan fingerprint density at radius 2 is 1.71 bits per heavy atom. The quantitative estimate of drug-likeness (QED) is 0.278. The molecule has 2 radical (unpaired) electrons. The van der Waals surface area contributed by atoms with E-state index in [1.807, 2.05) is 0 Å². The molecule has 0 aliphatic rings. The molecule has 2 N–H and O–H groups in total. The van der Waals surface area contributed by atoms with Gasteiger partial charge in [-0.1, -0.05) is 0 Å². The van der Waals surface area contributed by atoms with Crippen LogP contribution in [0.2, 0.25) is 0 Å². The van der Waals surface area contributed by atoms with E-state index in [0.29, 0.717) is 0 Å². The largest absolute Gasteiger partial charge is 1.00 e. The molecular weight excluding hydrogens is 115 g/mol. The number of aliphatic hydroxyl groups is 2. The van der Waals surface area contributed by atoms with Crippen LogP contribution in [0, 0.1) is 0 Å². The van der Waals surface area contributed by atoms with Gasteiger partial charge in [0.1, 0.15) is 0 Å². The molecule has 5 heteroatoms. The Labute approximate surface area is 50.5 Å². The van der Waals surface area contributed by atoms with Crippen molar-refractivity contribution in [1.29, 1.82) is 0 Å². The fraction of sp³-hybridized carbons (Fsp3) is 0.500. The minimum absolute atomic E-state index is 0. The summed E-state index contributed by atoms with van der Waals surface area (Å²) in [6, 6.07) is 0. The average molecular weight is 118 g/mol. The number of carboxylic acid groups (broad SMARTS) is 1. The number of carbonyl (C=O) groups is 1. The second kappa shape index (κ2) is 4.09. The summed E-state index contributed by atoms with van der Waals surface area (Å²) in [6.45, 7) is 0. The average Bonchev–Trinajstić information content (AvgIpc) is 1.36. The Balaban J connectivity index is 0. The van der Waals surface area contributed by atoms with Crippen LogP contribution < -0.4 is 5.11 Å². The van der Waals surface area contributed by atoms with E-state index in [-0.39, 0.29) is 17.4 Å². The summed E-state index contributed by atoms with van der Waals surface area (Å²) >= 11 is 0. The Bertz CT molecular complexity index is 60.7. The van der Waals surface area contributed by atoms with Gasteiger partial charge in [-0.05, 0) is 0 Å². The smallest absolute Gasteiger partial charge is 0.545 e. The molecule has 0 aromatic carbocycles. The van der Waals surface area contributed by atoms with E-state index in [9.17, 15) is 0 Å². The molecule has 0 heterocycles. The van der Waals surface area contributed by atoms with Gasteiger partial charge < -0.3 is 20.1 Å². The molecule has 0 amide bonds. The van der Waals surface area contributed by atoms with Gasteiger partial charge in [0.25, 0.3) is 0 Å². The van der Waals surface area contributed by atoms with Gasteiger partial charge in [0.2, 0.25) is 0 Å². The van der Waals surface area contributed by atoms with Gasteiger partial charge >= 0.3 is 17.4 Å². The van der Waals surface area contributed by atoms with E-state index in [4.69, 9.17) is 20.1 Å². The maximum atomic E-state index is 9.09. The standard InChI is InChI=1S/C2H4O4.Al/c3-1(4)2(5)6;/h1,3-4H,(H,5,6);/q;+1/p-1. The number of rotatable bonds is 1. The van der Waals surface area contributed by atoms with Crippen LogP contribution >= 0.6 is 0 Å². The van der Waals surface area contributed by atoms with Gasteiger partial charge in [-0.15, -0.1) is 0 Å². The van der Waals surface area contributed by atoms with Gasteiger partial charge in [0, 0.05) is 0 Å². The fourth-order valence-electron chi connectivity index (χ4n) is 0. The molecule has 0 unspecified atom stereocenters. The molecule has 0 saturated heterocycles. The Morgan fingerprint density at radius 1 is 1.57 bits per heavy atom. The predicted octanol–water partition coefficient (Wildman–Crippen LogP) is -3.33. The summed E-state index contributed by atoms with van der Waals surface area (Å²) < 4.78 is 0. The van der Waals surface area contributed by atoms with Crippen molar-refractivity contribution in [2.24, 2.45) is 0 Å². The molecule has 0 fully saturated rings. The number of aliphatic carboxylic acids is 1. The third-order valence-corrected chi connectivity index (χ3v) is 0.211. The van der Waals surface area contributed by atoms with Crippen LogP contribution in [0.4, 0.5) is 0 Å². The Hall–Kier alpha value is -0.0775. The monoisotopic (exact) mass is 118 g/mol. The van der Waals surface area contributed by atoms with E-state index >= 15 is 0 Å². The van der Waals surface area contributed by atoms with Gasteiger partial charge in [-0.2, -0.15) is 0 Å². The van der Waals surface area contributed by atoms with E-state index in [1.54, 1.807) is 0 Å². The fourth-order valence-corrected chi connectivity index (χ4v) is 0. The zero-order valence-corrected chi connectivity index (χ0v) is 4.52. The Kier molecular flexibility index (Phi) is 5.86. The van der Waals surface area contributed by atoms with Crippen molar-refractivity contribution in [2.75, 3.05) is 0 Å². The normalized spacial score (nSPS) is 7.86. The van der Waals surface area contributed by atoms with Crippen LogP contribution in [0.25, 0.3) is 0 Å². The SMILES string of the molecule is O=C([O-])C(O)O.[Al+]. The maximum Gasteiger partial charge on any atom is 1.00 e. The number of carbonyl (C=O) groups excluding carboxylic acids is 1. The van der Waals surface area contributed by atoms with Crippen LogP contribution in [-0.4, -0.2) is 39.8 Å². The first kappa shape index (κ1) is 10.0. The number of aliphatic hydroxyl groups excluding tert-OH is 1. The van der Waals surface area contributed by atoms with E-state index in [1.165, 1.54) is 0 Å². The molecule has 0 aliphatic heterocycles. The van der Waals surface area contributed by atoms with E-state index in [2.05, 4.69) is 0 Å². The minimum atomic E-state index is -2.34. The minimum Gasteiger partial charge on any atom is -0.545 e. The molecule has 0 aliphatic carbocycles. The number of carboxylic acids is 1. The third-order valence-electron chi connectivity index (χ3n) is 0.211. The summed E-state index contributed by atoms with van der Waals surface area (Å²) in [7, 11) is 0. The zero-order valence-electron chi connectivity index (χ0n) is 3.37. The molecule has 0 aromatic rings. The van der Waals surface area contributed by atoms with Crippen LogP contribution in [0.15, 0.2) is 0 Å². The second-order valence-corrected chi connectivity index (χ2v) is 0.693. The zero-order chi connectivity index (χ0) is 5.15. The molecule has 7 heavy (non-hydrogen) atoms. The van der Waals surface area contributed by atoms with Crippen LogP contribution in [-0.2, 0) is 4.79 Å². The van der Waals surface area contributed by atoms with Crippen molar-refractivity contribution in [1.82, 2.24) is 0 Å². The van der Waals surface area contributed by atoms with Gasteiger partial charge in [-0.25, -0.2) is 0 Å². The van der Waals surface area contributed by atoms with Crippen LogP contribution in [0.3, 0.4) is 0 Å². The molecule has 0 rings (SSSR count). The van der Waals surface area contributed by atoms with E-state index < -0.39 is 12.3 Å². The van der Waals surface area contributed by atoms with Crippen LogP contribution in [0.1, 0.15) is 0 Å². The summed E-state index contributed by atoms with van der Waals surface area (Å²) in [5.41, 5.74) is 0. The van der Waals surface area contributed by atoms with Crippen molar-refractivity contribution in [3.63, 3.8) is 0 Å². The first-order valence-electron chi connectivity index (χ1n) is 1.21. The van der Waals surface area contributed by atoms with Gasteiger partial charge in [-0.3, -0.25) is 0 Å². The van der Waals surface area contributed by atoms with Gasteiger partial charge in [0.05, 0.1) is 5.97 Å². The summed E-state index contributed by atoms with van der Waals surface area (Å²) in [5, 5.41) is 24.1. The summed E-state index contributed by atoms with van der Waals surface area (Å²) in [4.78, 5) is 9.09. The van der Waals surface area contributed by atoms with Crippen molar-refractivity contribution >= 4 is 23.3 Å². The number of hydrogen-bond acceptors (Lipinski definition) is 4. The summed E-state index contributed by atoms with van der Waals surface area (Å²) in [6.07, 6.45) is -2.34. The van der Waals surface area contributed by atoms with Crippen LogP contribution in [0.5, 0.6) is 0 Å². The van der Waals surface area contributed by atoms with Crippen molar-refractivity contribution in [2.45, 2.75) is 6.29 Å². The topological polar surface area (TPSA) is 80.6 Å². The maximum absolute atomic E-state index is 9.09. The molecule has 38 valence electrons. The van der Waals surface area contributed by atoms with Crippen molar-refractivity contribution in [3.8, 4) is 0 Å². The number of hydrogen-bond donors (Lipinski definition) is 2. The first-order chi connectivity index (χ1) is 2.64. The summed E-state index contributed by atoms with van der Waals surface area (Å²) in [5.74, 6) is -1.88. The molecule has 0 bridgehead atoms. The predicted molar refractivity (Wildman–Crippen MR) is 19.0 cm³/mol. The van der Waals surface area contributed by atoms with Gasteiger partial charge in [0.15, 0.2) is 6.29 Å². The van der Waals surface area contributed by atoms with Crippen molar-refractivity contribution in [3.05, 3.63) is 0 Å². The molecule has 4 nitrogen and oxygen atoms in total. The van der Waals surface area contributed by atoms with Crippen molar-refractivity contribution < 1.29 is 20.1 Å².